The summed E-state index contributed by atoms with van der Waals surface area (Å²) in [5, 5.41) is 9.62. The summed E-state index contributed by atoms with van der Waals surface area (Å²) in [6.45, 7) is 1.20. The zero-order valence-electron chi connectivity index (χ0n) is 16.5. The molecule has 2 aromatic carbocycles. The van der Waals surface area contributed by atoms with Gasteiger partial charge in [-0.3, -0.25) is 4.90 Å². The van der Waals surface area contributed by atoms with Crippen LogP contribution in [0.5, 0.6) is 5.75 Å². The van der Waals surface area contributed by atoms with Gasteiger partial charge < -0.3 is 14.3 Å². The Kier molecular flexibility index (Phi) is 6.35. The SMILES string of the molecule is O=C(O)COc1ccccc1CN1CCC[C@@H]1c1ncc(Cc2ccccc2Cl)o1. The third-order valence-corrected chi connectivity index (χ3v) is 5.61. The van der Waals surface area contributed by atoms with Gasteiger partial charge in [0.05, 0.1) is 12.2 Å². The number of hydrogen-bond donors (Lipinski definition) is 1. The third kappa shape index (κ3) is 4.83. The molecule has 0 amide bonds. The maximum atomic E-state index is 10.9. The van der Waals surface area contributed by atoms with Crippen LogP contribution < -0.4 is 4.74 Å². The van der Waals surface area contributed by atoms with Crippen LogP contribution in [0.2, 0.25) is 5.02 Å². The van der Waals surface area contributed by atoms with E-state index in [1.54, 1.807) is 12.3 Å². The molecule has 0 unspecified atom stereocenters. The molecule has 7 heteroatoms. The average molecular weight is 427 g/mol. The van der Waals surface area contributed by atoms with Crippen LogP contribution in [0.3, 0.4) is 0 Å². The minimum atomic E-state index is -0.991. The van der Waals surface area contributed by atoms with E-state index in [2.05, 4.69) is 9.88 Å². The maximum Gasteiger partial charge on any atom is 0.341 e. The number of benzene rings is 2. The number of carboxylic acids is 1. The zero-order chi connectivity index (χ0) is 20.9. The Morgan fingerprint density at radius 3 is 2.77 bits per heavy atom. The van der Waals surface area contributed by atoms with Crippen LogP contribution in [0.4, 0.5) is 0 Å². The lowest BCUT2D eigenvalue weighted by molar-refractivity contribution is -0.139. The minimum absolute atomic E-state index is 0.0810. The monoisotopic (exact) mass is 426 g/mol. The maximum absolute atomic E-state index is 10.9. The molecule has 4 rings (SSSR count). The number of halogens is 1. The lowest BCUT2D eigenvalue weighted by Crippen LogP contribution is -2.23. The summed E-state index contributed by atoms with van der Waals surface area (Å²) < 4.78 is 11.5. The van der Waals surface area contributed by atoms with Crippen LogP contribution in [0.25, 0.3) is 0 Å². The number of hydrogen-bond acceptors (Lipinski definition) is 5. The largest absolute Gasteiger partial charge is 0.482 e. The van der Waals surface area contributed by atoms with E-state index in [-0.39, 0.29) is 12.6 Å². The highest BCUT2D eigenvalue weighted by Gasteiger charge is 2.30. The Morgan fingerprint density at radius 2 is 1.97 bits per heavy atom. The van der Waals surface area contributed by atoms with E-state index in [0.717, 1.165) is 41.3 Å². The highest BCUT2D eigenvalue weighted by molar-refractivity contribution is 6.31. The molecule has 0 saturated carbocycles. The average Bonchev–Trinajstić information content (AvgIpc) is 3.38. The van der Waals surface area contributed by atoms with Crippen molar-refractivity contribution in [3.05, 3.63) is 82.5 Å². The van der Waals surface area contributed by atoms with E-state index in [9.17, 15) is 4.79 Å². The summed E-state index contributed by atoms with van der Waals surface area (Å²) in [5.41, 5.74) is 1.96. The molecule has 1 fully saturated rings. The number of carboxylic acid groups (broad SMARTS) is 1. The number of carbonyl (C=O) groups is 1. The fourth-order valence-electron chi connectivity index (χ4n) is 3.82. The Balaban J connectivity index is 1.47. The van der Waals surface area contributed by atoms with Gasteiger partial charge in [0, 0.05) is 23.6 Å². The molecular weight excluding hydrogens is 404 g/mol. The molecule has 6 nitrogen and oxygen atoms in total. The Bertz CT molecular complexity index is 1020. The molecule has 156 valence electrons. The first kappa shape index (κ1) is 20.4. The molecule has 0 spiro atoms. The van der Waals surface area contributed by atoms with Crippen molar-refractivity contribution >= 4 is 17.6 Å². The standard InChI is InChI=1S/C23H23ClN2O4/c24-19-8-3-1-6-16(19)12-18-13-25-23(30-18)20-9-5-11-26(20)14-17-7-2-4-10-21(17)29-15-22(27)28/h1-4,6-8,10,13,20H,5,9,11-12,14-15H2,(H,27,28)/t20-/m1/s1. The van der Waals surface area contributed by atoms with E-state index in [1.165, 1.54) is 0 Å². The molecule has 2 heterocycles. The van der Waals surface area contributed by atoms with Gasteiger partial charge in [0.1, 0.15) is 11.5 Å². The number of aromatic nitrogens is 1. The van der Waals surface area contributed by atoms with Crippen LogP contribution in [-0.4, -0.2) is 34.1 Å². The Labute approximate surface area is 180 Å². The molecular formula is C23H23ClN2O4. The van der Waals surface area contributed by atoms with Gasteiger partial charge in [-0.2, -0.15) is 0 Å². The summed E-state index contributed by atoms with van der Waals surface area (Å²) in [6, 6.07) is 15.3. The predicted octanol–water partition coefficient (Wildman–Crippen LogP) is 4.72. The molecule has 30 heavy (non-hydrogen) atoms. The number of oxazole rings is 1. The van der Waals surface area contributed by atoms with Crippen molar-refractivity contribution < 1.29 is 19.1 Å². The van der Waals surface area contributed by atoms with Crippen LogP contribution in [0.15, 0.2) is 59.1 Å². The van der Waals surface area contributed by atoms with Crippen molar-refractivity contribution in [1.82, 2.24) is 9.88 Å². The first-order valence-corrected chi connectivity index (χ1v) is 10.3. The van der Waals surface area contributed by atoms with Gasteiger partial charge in [-0.15, -0.1) is 0 Å². The summed E-state index contributed by atoms with van der Waals surface area (Å²) in [7, 11) is 0. The van der Waals surface area contributed by atoms with E-state index >= 15 is 0 Å². The van der Waals surface area contributed by atoms with Crippen molar-refractivity contribution in [2.24, 2.45) is 0 Å². The normalized spacial score (nSPS) is 16.6. The van der Waals surface area contributed by atoms with Gasteiger partial charge in [-0.25, -0.2) is 9.78 Å². The summed E-state index contributed by atoms with van der Waals surface area (Å²) in [4.78, 5) is 17.7. The fourth-order valence-corrected chi connectivity index (χ4v) is 4.02. The number of aliphatic carboxylic acids is 1. The van der Waals surface area contributed by atoms with E-state index < -0.39 is 5.97 Å². The second-order valence-corrected chi connectivity index (χ2v) is 7.76. The van der Waals surface area contributed by atoms with Gasteiger partial charge in [0.25, 0.3) is 0 Å². The van der Waals surface area contributed by atoms with Crippen molar-refractivity contribution in [1.29, 1.82) is 0 Å². The molecule has 0 aliphatic carbocycles. The summed E-state index contributed by atoms with van der Waals surface area (Å²) in [6.07, 6.45) is 4.39. The third-order valence-electron chi connectivity index (χ3n) is 5.24. The molecule has 1 aliphatic heterocycles. The summed E-state index contributed by atoms with van der Waals surface area (Å²) in [5.74, 6) is 1.10. The Morgan fingerprint density at radius 1 is 1.20 bits per heavy atom. The second kappa shape index (κ2) is 9.32. The quantitative estimate of drug-likeness (QED) is 0.561. The number of para-hydroxylation sites is 1. The zero-order valence-corrected chi connectivity index (χ0v) is 17.2. The topological polar surface area (TPSA) is 75.8 Å². The summed E-state index contributed by atoms with van der Waals surface area (Å²) >= 11 is 6.26. The highest BCUT2D eigenvalue weighted by Crippen LogP contribution is 2.34. The minimum Gasteiger partial charge on any atom is -0.482 e. The van der Waals surface area contributed by atoms with Crippen LogP contribution in [-0.2, 0) is 17.8 Å². The molecule has 1 saturated heterocycles. The van der Waals surface area contributed by atoms with Gasteiger partial charge in [0.2, 0.25) is 5.89 Å². The van der Waals surface area contributed by atoms with Crippen molar-refractivity contribution in [2.45, 2.75) is 31.8 Å². The molecule has 1 aliphatic rings. The van der Waals surface area contributed by atoms with E-state index in [4.69, 9.17) is 25.9 Å². The molecule has 1 N–H and O–H groups in total. The lowest BCUT2D eigenvalue weighted by atomic mass is 10.1. The van der Waals surface area contributed by atoms with E-state index in [1.807, 2.05) is 42.5 Å². The molecule has 0 radical (unpaired) electrons. The van der Waals surface area contributed by atoms with Gasteiger partial charge in [-0.1, -0.05) is 48.0 Å². The first-order chi connectivity index (χ1) is 14.6. The predicted molar refractivity (Wildman–Crippen MR) is 113 cm³/mol. The number of likely N-dealkylation sites (tertiary alicyclic amines) is 1. The number of nitrogens with zero attached hydrogens (tertiary/aromatic N) is 2. The fraction of sp³-hybridized carbons (Fsp3) is 0.304. The van der Waals surface area contributed by atoms with Gasteiger partial charge in [0.15, 0.2) is 6.61 Å². The van der Waals surface area contributed by atoms with Gasteiger partial charge in [-0.05, 0) is 37.1 Å². The Hall–Kier alpha value is -2.83. The lowest BCUT2D eigenvalue weighted by Gasteiger charge is -2.23. The second-order valence-electron chi connectivity index (χ2n) is 7.35. The van der Waals surface area contributed by atoms with Crippen molar-refractivity contribution in [3.8, 4) is 5.75 Å². The highest BCUT2D eigenvalue weighted by atomic mass is 35.5. The van der Waals surface area contributed by atoms with Crippen molar-refractivity contribution in [2.75, 3.05) is 13.2 Å². The van der Waals surface area contributed by atoms with Crippen LogP contribution in [0, 0.1) is 0 Å². The first-order valence-electron chi connectivity index (χ1n) is 9.94. The molecule has 0 bridgehead atoms. The van der Waals surface area contributed by atoms with Gasteiger partial charge >= 0.3 is 5.97 Å². The number of ether oxygens (including phenoxy) is 1. The van der Waals surface area contributed by atoms with E-state index in [0.29, 0.717) is 24.6 Å². The molecule has 1 atom stereocenters. The van der Waals surface area contributed by atoms with Crippen LogP contribution >= 0.6 is 11.6 Å². The van der Waals surface area contributed by atoms with Crippen molar-refractivity contribution in [3.63, 3.8) is 0 Å². The van der Waals surface area contributed by atoms with Crippen LogP contribution in [0.1, 0.15) is 41.7 Å². The number of rotatable bonds is 8. The molecule has 1 aromatic heterocycles. The molecule has 3 aromatic rings. The smallest absolute Gasteiger partial charge is 0.341 e.